The molecule has 0 rings (SSSR count). The molecule has 0 N–H and O–H groups in total. The van der Waals surface area contributed by atoms with E-state index in [4.69, 9.17) is 9.47 Å². The SMILES string of the molecule is COC(C)(C)C/C=C/C(C)=C\C=C/C(C)=C/CC/C(C)=C/CC/C=C(C)/C=C/C=C(C)/C=C/C=C(C)/C=C/CC(C)(C)OC. The van der Waals surface area contributed by atoms with E-state index in [0.717, 1.165) is 38.5 Å². The van der Waals surface area contributed by atoms with E-state index in [9.17, 15) is 0 Å². The fourth-order valence-corrected chi connectivity index (χ4v) is 3.85. The molecule has 0 saturated carbocycles. The van der Waals surface area contributed by atoms with Crippen molar-refractivity contribution in [1.82, 2.24) is 0 Å². The van der Waals surface area contributed by atoms with Gasteiger partial charge < -0.3 is 9.47 Å². The Labute approximate surface area is 272 Å². The lowest BCUT2D eigenvalue weighted by molar-refractivity contribution is 0.0252. The Kier molecular flexibility index (Phi) is 21.9. The van der Waals surface area contributed by atoms with Crippen LogP contribution >= 0.6 is 0 Å². The summed E-state index contributed by atoms with van der Waals surface area (Å²) in [5.74, 6) is 0. The predicted octanol–water partition coefficient (Wildman–Crippen LogP) is 12.6. The van der Waals surface area contributed by atoms with Gasteiger partial charge in [0.1, 0.15) is 0 Å². The molecule has 0 radical (unpaired) electrons. The van der Waals surface area contributed by atoms with E-state index in [-0.39, 0.29) is 11.2 Å². The third-order valence-electron chi connectivity index (χ3n) is 7.37. The van der Waals surface area contributed by atoms with Crippen LogP contribution in [-0.4, -0.2) is 25.4 Å². The number of unbranched alkanes of at least 4 members (excludes halogenated alkanes) is 1. The van der Waals surface area contributed by atoms with Gasteiger partial charge in [-0.25, -0.2) is 0 Å². The maximum atomic E-state index is 5.46. The Bertz CT molecular complexity index is 1160. The second-order valence-corrected chi connectivity index (χ2v) is 13.0. The molecular formula is C42H64O2. The molecule has 2 heteroatoms. The Morgan fingerprint density at radius 1 is 0.477 bits per heavy atom. The van der Waals surface area contributed by atoms with Crippen LogP contribution in [0.4, 0.5) is 0 Å². The third kappa shape index (κ3) is 24.5. The predicted molar refractivity (Wildman–Crippen MR) is 198 cm³/mol. The summed E-state index contributed by atoms with van der Waals surface area (Å²) in [6.07, 6.45) is 41.2. The van der Waals surface area contributed by atoms with Crippen LogP contribution in [0.25, 0.3) is 0 Å². The lowest BCUT2D eigenvalue weighted by Crippen LogP contribution is -2.20. The zero-order chi connectivity index (χ0) is 33.4. The van der Waals surface area contributed by atoms with Crippen molar-refractivity contribution < 1.29 is 9.47 Å². The highest BCUT2D eigenvalue weighted by molar-refractivity contribution is 5.30. The summed E-state index contributed by atoms with van der Waals surface area (Å²) in [6.45, 7) is 21.4. The first-order valence-corrected chi connectivity index (χ1v) is 16.2. The molecule has 0 aromatic heterocycles. The number of hydrogen-bond acceptors (Lipinski definition) is 2. The molecule has 0 bridgehead atoms. The van der Waals surface area contributed by atoms with Crippen molar-refractivity contribution >= 4 is 0 Å². The highest BCUT2D eigenvalue weighted by atomic mass is 16.5. The summed E-state index contributed by atoms with van der Waals surface area (Å²) in [7, 11) is 3.52. The van der Waals surface area contributed by atoms with Crippen molar-refractivity contribution in [3.8, 4) is 0 Å². The van der Waals surface area contributed by atoms with Crippen LogP contribution in [0.5, 0.6) is 0 Å². The van der Waals surface area contributed by atoms with Crippen molar-refractivity contribution in [3.05, 3.63) is 131 Å². The fraction of sp³-hybridized carbons (Fsp3) is 0.476. The van der Waals surface area contributed by atoms with Gasteiger partial charge >= 0.3 is 0 Å². The van der Waals surface area contributed by atoms with Crippen LogP contribution in [0.2, 0.25) is 0 Å². The zero-order valence-electron chi connectivity index (χ0n) is 30.3. The van der Waals surface area contributed by atoms with Crippen LogP contribution in [0, 0.1) is 0 Å². The fourth-order valence-electron chi connectivity index (χ4n) is 3.85. The maximum absolute atomic E-state index is 5.46. The topological polar surface area (TPSA) is 18.5 Å². The normalized spacial score (nSPS) is 15.9. The first-order valence-electron chi connectivity index (χ1n) is 16.2. The lowest BCUT2D eigenvalue weighted by Gasteiger charge is -2.20. The van der Waals surface area contributed by atoms with Crippen molar-refractivity contribution in [1.29, 1.82) is 0 Å². The van der Waals surface area contributed by atoms with E-state index in [1.807, 2.05) is 0 Å². The molecule has 0 fully saturated rings. The van der Waals surface area contributed by atoms with Gasteiger partial charge in [0.15, 0.2) is 0 Å². The molecule has 0 amide bonds. The van der Waals surface area contributed by atoms with E-state index < -0.39 is 0 Å². The molecule has 0 aliphatic rings. The van der Waals surface area contributed by atoms with Gasteiger partial charge in [-0.3, -0.25) is 0 Å². The van der Waals surface area contributed by atoms with Gasteiger partial charge in [-0.1, -0.05) is 131 Å². The van der Waals surface area contributed by atoms with Gasteiger partial charge in [0.05, 0.1) is 11.2 Å². The summed E-state index contributed by atoms with van der Waals surface area (Å²) in [5, 5.41) is 0. The van der Waals surface area contributed by atoms with E-state index in [1.54, 1.807) is 14.2 Å². The van der Waals surface area contributed by atoms with Crippen LogP contribution in [0.3, 0.4) is 0 Å². The molecule has 0 aromatic rings. The van der Waals surface area contributed by atoms with Crippen molar-refractivity contribution in [2.45, 2.75) is 119 Å². The molecule has 0 spiro atoms. The van der Waals surface area contributed by atoms with E-state index in [1.165, 1.54) is 33.4 Å². The van der Waals surface area contributed by atoms with Crippen molar-refractivity contribution in [3.63, 3.8) is 0 Å². The second kappa shape index (κ2) is 23.4. The van der Waals surface area contributed by atoms with Gasteiger partial charge in [-0.05, 0) is 108 Å². The first-order chi connectivity index (χ1) is 20.7. The van der Waals surface area contributed by atoms with Crippen LogP contribution in [0.15, 0.2) is 131 Å². The molecule has 44 heavy (non-hydrogen) atoms. The average Bonchev–Trinajstić information content (AvgIpc) is 2.95. The van der Waals surface area contributed by atoms with E-state index >= 15 is 0 Å². The molecule has 0 aromatic carbocycles. The number of ether oxygens (including phenoxy) is 2. The van der Waals surface area contributed by atoms with Gasteiger partial charge in [0, 0.05) is 14.2 Å². The number of allylic oxidation sites excluding steroid dienone is 20. The molecule has 2 nitrogen and oxygen atoms in total. The second-order valence-electron chi connectivity index (χ2n) is 13.0. The summed E-state index contributed by atoms with van der Waals surface area (Å²) < 4.78 is 10.9. The Balaban J connectivity index is 4.54. The maximum Gasteiger partial charge on any atom is 0.0657 e. The van der Waals surface area contributed by atoms with E-state index in [0.29, 0.717) is 0 Å². The average molecular weight is 601 g/mol. The molecule has 0 heterocycles. The Hall–Kier alpha value is -2.94. The number of rotatable bonds is 20. The summed E-state index contributed by atoms with van der Waals surface area (Å²) in [5.41, 5.74) is 7.53. The minimum Gasteiger partial charge on any atom is -0.378 e. The Morgan fingerprint density at radius 3 is 1.27 bits per heavy atom. The Morgan fingerprint density at radius 2 is 0.841 bits per heavy atom. The van der Waals surface area contributed by atoms with Crippen molar-refractivity contribution in [2.75, 3.05) is 14.2 Å². The molecule has 0 aliphatic carbocycles. The minimum absolute atomic E-state index is 0.111. The smallest absolute Gasteiger partial charge is 0.0657 e. The minimum atomic E-state index is -0.116. The highest BCUT2D eigenvalue weighted by Crippen LogP contribution is 2.15. The lowest BCUT2D eigenvalue weighted by atomic mass is 10.0. The van der Waals surface area contributed by atoms with Crippen LogP contribution in [0.1, 0.15) is 108 Å². The molecule has 244 valence electrons. The molecule has 0 unspecified atom stereocenters. The third-order valence-corrected chi connectivity index (χ3v) is 7.37. The molecular weight excluding hydrogens is 536 g/mol. The van der Waals surface area contributed by atoms with E-state index in [2.05, 4.69) is 166 Å². The number of hydrogen-bond donors (Lipinski definition) is 0. The van der Waals surface area contributed by atoms with Crippen LogP contribution in [-0.2, 0) is 9.47 Å². The molecule has 0 saturated heterocycles. The summed E-state index contributed by atoms with van der Waals surface area (Å²) in [4.78, 5) is 0. The number of methoxy groups -OCH3 is 2. The monoisotopic (exact) mass is 600 g/mol. The molecule has 0 atom stereocenters. The quantitative estimate of drug-likeness (QED) is 0.0786. The van der Waals surface area contributed by atoms with Crippen LogP contribution < -0.4 is 0 Å². The highest BCUT2D eigenvalue weighted by Gasteiger charge is 2.13. The van der Waals surface area contributed by atoms with Gasteiger partial charge in [-0.15, -0.1) is 0 Å². The standard InChI is InChI=1S/C42H64O2/c1-35(23-15-25-37(3)27-17-29-39(5)31-19-33-41(7,8)43-11)21-13-14-22-36(2)24-16-26-38(4)28-18-30-40(6)32-20-34-42(9,10)44-12/h15,17-23,25-32H,13-14,16,24,33-34H2,1-12H3/b23-15+,27-17+,28-18-,31-19+,32-20+,35-21+,36-22+,37-25+,38-26+,39-29+,40-30-. The zero-order valence-corrected chi connectivity index (χ0v) is 30.3. The largest absolute Gasteiger partial charge is 0.378 e. The summed E-state index contributed by atoms with van der Waals surface area (Å²) in [6, 6.07) is 0. The summed E-state index contributed by atoms with van der Waals surface area (Å²) >= 11 is 0. The van der Waals surface area contributed by atoms with Gasteiger partial charge in [0.25, 0.3) is 0 Å². The van der Waals surface area contributed by atoms with Crippen molar-refractivity contribution in [2.24, 2.45) is 0 Å². The van der Waals surface area contributed by atoms with Gasteiger partial charge in [-0.2, -0.15) is 0 Å². The molecule has 0 aliphatic heterocycles. The first kappa shape index (κ1) is 41.1. The van der Waals surface area contributed by atoms with Gasteiger partial charge in [0.2, 0.25) is 0 Å².